The molecule has 1 aromatic carbocycles. The molecule has 1 rings (SSSR count). The zero-order chi connectivity index (χ0) is 13.5. The molecule has 1 aromatic rings. The minimum Gasteiger partial charge on any atom is -0.347 e. The molecule has 0 heterocycles. The van der Waals surface area contributed by atoms with Gasteiger partial charge in [0.1, 0.15) is 5.92 Å². The molecule has 0 spiro atoms. The summed E-state index contributed by atoms with van der Waals surface area (Å²) in [6, 6.07) is 10.7. The second-order valence-electron chi connectivity index (χ2n) is 3.98. The highest BCUT2D eigenvalue weighted by Crippen LogP contribution is 2.14. The normalized spacial score (nSPS) is 11.2. The van der Waals surface area contributed by atoms with Gasteiger partial charge in [-0.3, -0.25) is 9.59 Å². The van der Waals surface area contributed by atoms with Gasteiger partial charge < -0.3 is 10.2 Å². The summed E-state index contributed by atoms with van der Waals surface area (Å²) in [6.07, 6.45) is 0. The zero-order valence-corrected chi connectivity index (χ0v) is 10.4. The number of hydrogen-bond donors (Lipinski definition) is 1. The highest BCUT2D eigenvalue weighted by Gasteiger charge is 2.20. The molecule has 1 N–H and O–H groups in total. The average molecular weight is 245 g/mol. The lowest BCUT2D eigenvalue weighted by molar-refractivity contribution is -0.131. The Labute approximate surface area is 106 Å². The van der Waals surface area contributed by atoms with Gasteiger partial charge in [-0.05, 0) is 5.56 Å². The second-order valence-corrected chi connectivity index (χ2v) is 3.98. The van der Waals surface area contributed by atoms with Gasteiger partial charge in [-0.1, -0.05) is 30.3 Å². The lowest BCUT2D eigenvalue weighted by Crippen LogP contribution is -2.38. The molecule has 2 amide bonds. The summed E-state index contributed by atoms with van der Waals surface area (Å²) in [6.45, 7) is -0.100. The van der Waals surface area contributed by atoms with Crippen LogP contribution in [0.2, 0.25) is 0 Å². The summed E-state index contributed by atoms with van der Waals surface area (Å²) < 4.78 is 0. The van der Waals surface area contributed by atoms with E-state index in [1.807, 2.05) is 12.1 Å². The fraction of sp³-hybridized carbons (Fsp3) is 0.308. The Morgan fingerprint density at radius 2 is 1.94 bits per heavy atom. The molecule has 0 radical (unpaired) electrons. The SMILES string of the molecule is CN(C)C(=O)CNC(=O)C(C#N)c1ccccc1. The van der Waals surface area contributed by atoms with E-state index >= 15 is 0 Å². The van der Waals surface area contributed by atoms with Gasteiger partial charge in [0.05, 0.1) is 12.6 Å². The number of rotatable bonds is 4. The van der Waals surface area contributed by atoms with Crippen molar-refractivity contribution in [3.63, 3.8) is 0 Å². The van der Waals surface area contributed by atoms with E-state index in [4.69, 9.17) is 5.26 Å². The van der Waals surface area contributed by atoms with Crippen LogP contribution in [0.15, 0.2) is 30.3 Å². The molecule has 1 unspecified atom stereocenters. The summed E-state index contributed by atoms with van der Waals surface area (Å²) in [7, 11) is 3.21. The van der Waals surface area contributed by atoms with Crippen LogP contribution in [0.1, 0.15) is 11.5 Å². The summed E-state index contributed by atoms with van der Waals surface area (Å²) in [5, 5.41) is 11.5. The van der Waals surface area contributed by atoms with E-state index in [2.05, 4.69) is 5.32 Å². The third-order valence-electron chi connectivity index (χ3n) is 2.44. The van der Waals surface area contributed by atoms with Crippen LogP contribution in [0.25, 0.3) is 0 Å². The van der Waals surface area contributed by atoms with E-state index in [9.17, 15) is 9.59 Å². The van der Waals surface area contributed by atoms with Crippen molar-refractivity contribution in [2.45, 2.75) is 5.92 Å². The van der Waals surface area contributed by atoms with Crippen LogP contribution in [0.5, 0.6) is 0 Å². The van der Waals surface area contributed by atoms with Gasteiger partial charge >= 0.3 is 0 Å². The highest BCUT2D eigenvalue weighted by molar-refractivity contribution is 5.90. The monoisotopic (exact) mass is 245 g/mol. The summed E-state index contributed by atoms with van der Waals surface area (Å²) >= 11 is 0. The van der Waals surface area contributed by atoms with Gasteiger partial charge in [-0.15, -0.1) is 0 Å². The van der Waals surface area contributed by atoms with Gasteiger partial charge in [0.25, 0.3) is 0 Å². The van der Waals surface area contributed by atoms with E-state index in [0.717, 1.165) is 0 Å². The van der Waals surface area contributed by atoms with Crippen molar-refractivity contribution in [2.24, 2.45) is 0 Å². The van der Waals surface area contributed by atoms with E-state index in [0.29, 0.717) is 5.56 Å². The van der Waals surface area contributed by atoms with Crippen LogP contribution in [0, 0.1) is 11.3 Å². The van der Waals surface area contributed by atoms with Crippen molar-refractivity contribution < 1.29 is 9.59 Å². The third-order valence-corrected chi connectivity index (χ3v) is 2.44. The smallest absolute Gasteiger partial charge is 0.242 e. The molecule has 0 aliphatic rings. The number of nitriles is 1. The van der Waals surface area contributed by atoms with Gasteiger partial charge in [0.2, 0.25) is 11.8 Å². The van der Waals surface area contributed by atoms with Crippen molar-refractivity contribution in [2.75, 3.05) is 20.6 Å². The van der Waals surface area contributed by atoms with Gasteiger partial charge in [-0.2, -0.15) is 5.26 Å². The Bertz CT molecular complexity index is 463. The minimum atomic E-state index is -0.888. The standard InChI is InChI=1S/C13H15N3O2/c1-16(2)12(17)9-15-13(18)11(8-14)10-6-4-3-5-7-10/h3-7,11H,9H2,1-2H3,(H,15,18). The van der Waals surface area contributed by atoms with Gasteiger partial charge in [0.15, 0.2) is 0 Å². The van der Waals surface area contributed by atoms with Crippen LogP contribution >= 0.6 is 0 Å². The van der Waals surface area contributed by atoms with Crippen LogP contribution in [-0.2, 0) is 9.59 Å². The molecule has 0 saturated carbocycles. The first kappa shape index (κ1) is 13.7. The number of carbonyl (C=O) groups is 2. The Morgan fingerprint density at radius 1 is 1.33 bits per heavy atom. The number of nitrogens with one attached hydrogen (secondary N) is 1. The molecule has 0 aromatic heterocycles. The Hall–Kier alpha value is -2.35. The fourth-order valence-electron chi connectivity index (χ4n) is 1.35. The largest absolute Gasteiger partial charge is 0.347 e. The third kappa shape index (κ3) is 3.59. The molecule has 5 heteroatoms. The summed E-state index contributed by atoms with van der Waals surface area (Å²) in [4.78, 5) is 24.5. The number of amides is 2. The first-order valence-electron chi connectivity index (χ1n) is 5.48. The van der Waals surface area contributed by atoms with Crippen LogP contribution in [0.4, 0.5) is 0 Å². The lowest BCUT2D eigenvalue weighted by Gasteiger charge is -2.13. The topological polar surface area (TPSA) is 73.2 Å². The van der Waals surface area contributed by atoms with Crippen molar-refractivity contribution in [3.05, 3.63) is 35.9 Å². The predicted molar refractivity (Wildman–Crippen MR) is 66.5 cm³/mol. The first-order valence-corrected chi connectivity index (χ1v) is 5.48. The molecule has 0 aliphatic heterocycles. The van der Waals surface area contributed by atoms with Crippen LogP contribution < -0.4 is 5.32 Å². The molecular formula is C13H15N3O2. The second kappa shape index (κ2) is 6.40. The maximum atomic E-state index is 11.8. The maximum Gasteiger partial charge on any atom is 0.242 e. The molecule has 0 aliphatic carbocycles. The molecule has 0 fully saturated rings. The quantitative estimate of drug-likeness (QED) is 0.839. The molecule has 0 saturated heterocycles. The Morgan fingerprint density at radius 3 is 2.44 bits per heavy atom. The molecule has 0 bridgehead atoms. The zero-order valence-electron chi connectivity index (χ0n) is 10.4. The molecule has 94 valence electrons. The number of nitrogens with zero attached hydrogens (tertiary/aromatic N) is 2. The van der Waals surface area contributed by atoms with E-state index in [1.165, 1.54) is 4.90 Å². The molecule has 5 nitrogen and oxygen atoms in total. The molecule has 18 heavy (non-hydrogen) atoms. The van der Waals surface area contributed by atoms with E-state index in [1.54, 1.807) is 38.4 Å². The molecular weight excluding hydrogens is 230 g/mol. The molecule has 1 atom stereocenters. The minimum absolute atomic E-state index is 0.100. The van der Waals surface area contributed by atoms with Crippen molar-refractivity contribution in [1.82, 2.24) is 10.2 Å². The predicted octanol–water partition coefficient (Wildman–Crippen LogP) is 0.498. The number of benzene rings is 1. The Balaban J connectivity index is 2.65. The van der Waals surface area contributed by atoms with Crippen molar-refractivity contribution >= 4 is 11.8 Å². The van der Waals surface area contributed by atoms with Gasteiger partial charge in [-0.25, -0.2) is 0 Å². The fourth-order valence-corrected chi connectivity index (χ4v) is 1.35. The van der Waals surface area contributed by atoms with Crippen LogP contribution in [-0.4, -0.2) is 37.4 Å². The number of carbonyl (C=O) groups excluding carboxylic acids is 2. The number of hydrogen-bond acceptors (Lipinski definition) is 3. The van der Waals surface area contributed by atoms with Crippen LogP contribution in [0.3, 0.4) is 0 Å². The van der Waals surface area contributed by atoms with E-state index in [-0.39, 0.29) is 12.5 Å². The Kier molecular flexibility index (Phi) is 4.88. The van der Waals surface area contributed by atoms with Gasteiger partial charge in [0, 0.05) is 14.1 Å². The first-order chi connectivity index (χ1) is 8.56. The average Bonchev–Trinajstić information content (AvgIpc) is 2.38. The van der Waals surface area contributed by atoms with Crippen molar-refractivity contribution in [1.29, 1.82) is 5.26 Å². The number of likely N-dealkylation sites (N-methyl/N-ethyl adjacent to an activating group) is 1. The summed E-state index contributed by atoms with van der Waals surface area (Å²) in [5.74, 6) is -1.56. The maximum absolute atomic E-state index is 11.8. The van der Waals surface area contributed by atoms with E-state index < -0.39 is 11.8 Å². The van der Waals surface area contributed by atoms with Crippen molar-refractivity contribution in [3.8, 4) is 6.07 Å². The lowest BCUT2D eigenvalue weighted by atomic mass is 10.00. The highest BCUT2D eigenvalue weighted by atomic mass is 16.2. The summed E-state index contributed by atoms with van der Waals surface area (Å²) in [5.41, 5.74) is 0.620.